The lowest BCUT2D eigenvalue weighted by Crippen LogP contribution is -2.55. The number of piperazine rings is 1. The van der Waals surface area contributed by atoms with E-state index in [0.717, 1.165) is 11.1 Å². The molecule has 1 aliphatic heterocycles. The van der Waals surface area contributed by atoms with Crippen molar-refractivity contribution in [3.8, 4) is 11.5 Å². The number of hydrogen-bond acceptors (Lipinski definition) is 6. The molecule has 2 aromatic carbocycles. The monoisotopic (exact) mass is 524 g/mol. The van der Waals surface area contributed by atoms with Crippen molar-refractivity contribution < 1.29 is 26.3 Å². The standard InChI is InChI=1S/C25H36N2O6S2/c1-17(2)20-8-10-22(32-6)24(14-20)34(28,29)26-12-13-27(19(5)16-26)35(30,31)25-15-21(18(3)4)9-11-23(25)33-7/h8-11,14-15,17-19H,12-13,16H2,1-7H3/t19-/m1/s1. The first-order valence-corrected chi connectivity index (χ1v) is 14.6. The molecule has 1 saturated heterocycles. The third-order valence-corrected chi connectivity index (χ3v) is 10.4. The van der Waals surface area contributed by atoms with E-state index < -0.39 is 26.1 Å². The topological polar surface area (TPSA) is 93.2 Å². The summed E-state index contributed by atoms with van der Waals surface area (Å²) >= 11 is 0. The largest absolute Gasteiger partial charge is 0.495 e. The van der Waals surface area contributed by atoms with Crippen LogP contribution in [-0.4, -0.2) is 65.3 Å². The fraction of sp³-hybridized carbons (Fsp3) is 0.520. The molecule has 0 unspecified atom stereocenters. The second-order valence-electron chi connectivity index (χ2n) is 9.46. The van der Waals surface area contributed by atoms with Gasteiger partial charge in [-0.15, -0.1) is 0 Å². The fourth-order valence-electron chi connectivity index (χ4n) is 4.26. The van der Waals surface area contributed by atoms with Crippen molar-refractivity contribution in [2.75, 3.05) is 33.9 Å². The highest BCUT2D eigenvalue weighted by molar-refractivity contribution is 7.89. The molecule has 35 heavy (non-hydrogen) atoms. The van der Waals surface area contributed by atoms with E-state index in [-0.39, 0.29) is 52.8 Å². The molecule has 2 aromatic rings. The van der Waals surface area contributed by atoms with Gasteiger partial charge in [0.1, 0.15) is 21.3 Å². The molecule has 0 aromatic heterocycles. The van der Waals surface area contributed by atoms with Gasteiger partial charge in [-0.25, -0.2) is 16.8 Å². The van der Waals surface area contributed by atoms with Crippen LogP contribution in [0.1, 0.15) is 57.6 Å². The summed E-state index contributed by atoms with van der Waals surface area (Å²) < 4.78 is 67.9. The van der Waals surface area contributed by atoms with Gasteiger partial charge < -0.3 is 9.47 Å². The summed E-state index contributed by atoms with van der Waals surface area (Å²) in [5.41, 5.74) is 1.77. The first-order chi connectivity index (χ1) is 16.3. The average molecular weight is 525 g/mol. The molecule has 0 saturated carbocycles. The van der Waals surface area contributed by atoms with Crippen LogP contribution in [-0.2, 0) is 20.0 Å². The molecular weight excluding hydrogens is 488 g/mol. The average Bonchev–Trinajstić information content (AvgIpc) is 2.82. The maximum atomic E-state index is 13.7. The quantitative estimate of drug-likeness (QED) is 0.518. The van der Waals surface area contributed by atoms with Gasteiger partial charge in [-0.2, -0.15) is 8.61 Å². The molecule has 0 amide bonds. The van der Waals surface area contributed by atoms with Crippen molar-refractivity contribution in [3.05, 3.63) is 47.5 Å². The zero-order valence-electron chi connectivity index (χ0n) is 21.5. The predicted octanol–water partition coefficient (Wildman–Crippen LogP) is 4.03. The van der Waals surface area contributed by atoms with Gasteiger partial charge in [0, 0.05) is 25.7 Å². The number of benzene rings is 2. The van der Waals surface area contributed by atoms with Crippen molar-refractivity contribution in [2.24, 2.45) is 0 Å². The molecule has 10 heteroatoms. The lowest BCUT2D eigenvalue weighted by Gasteiger charge is -2.38. The summed E-state index contributed by atoms with van der Waals surface area (Å²) in [5.74, 6) is 0.831. The van der Waals surface area contributed by atoms with E-state index in [4.69, 9.17) is 9.47 Å². The molecule has 1 atom stereocenters. The summed E-state index contributed by atoms with van der Waals surface area (Å²) in [4.78, 5) is 0.196. The number of methoxy groups -OCH3 is 2. The van der Waals surface area contributed by atoms with E-state index in [2.05, 4.69) is 0 Å². The normalized spacial score (nSPS) is 18.3. The van der Waals surface area contributed by atoms with Crippen LogP contribution in [0.4, 0.5) is 0 Å². The summed E-state index contributed by atoms with van der Waals surface area (Å²) in [6.07, 6.45) is 0. The Hall–Kier alpha value is -2.14. The fourth-order valence-corrected chi connectivity index (χ4v) is 7.76. The summed E-state index contributed by atoms with van der Waals surface area (Å²) in [5, 5.41) is 0. The highest BCUT2D eigenvalue weighted by Gasteiger charge is 2.40. The Bertz CT molecular complexity index is 1270. The van der Waals surface area contributed by atoms with Crippen LogP contribution in [0, 0.1) is 0 Å². The van der Waals surface area contributed by atoms with Gasteiger partial charge in [0.25, 0.3) is 0 Å². The molecule has 0 bridgehead atoms. The lowest BCUT2D eigenvalue weighted by molar-refractivity contribution is 0.212. The molecule has 0 aliphatic carbocycles. The minimum atomic E-state index is -3.91. The van der Waals surface area contributed by atoms with E-state index in [0.29, 0.717) is 0 Å². The highest BCUT2D eigenvalue weighted by atomic mass is 32.2. The molecule has 8 nitrogen and oxygen atoms in total. The smallest absolute Gasteiger partial charge is 0.247 e. The number of sulfonamides is 2. The molecule has 1 fully saturated rings. The van der Waals surface area contributed by atoms with Crippen LogP contribution in [0.5, 0.6) is 11.5 Å². The van der Waals surface area contributed by atoms with Crippen molar-refractivity contribution in [3.63, 3.8) is 0 Å². The third-order valence-electron chi connectivity index (χ3n) is 6.44. The van der Waals surface area contributed by atoms with Crippen molar-refractivity contribution in [1.29, 1.82) is 0 Å². The Labute approximate surface area is 209 Å². The van der Waals surface area contributed by atoms with E-state index >= 15 is 0 Å². The minimum Gasteiger partial charge on any atom is -0.495 e. The Morgan fingerprint density at radius 1 is 0.771 bits per heavy atom. The lowest BCUT2D eigenvalue weighted by atomic mass is 10.0. The molecular formula is C25H36N2O6S2. The highest BCUT2D eigenvalue weighted by Crippen LogP contribution is 2.34. The van der Waals surface area contributed by atoms with Gasteiger partial charge >= 0.3 is 0 Å². The summed E-state index contributed by atoms with van der Waals surface area (Å²) in [7, 11) is -4.93. The van der Waals surface area contributed by atoms with Gasteiger partial charge in [0.15, 0.2) is 0 Å². The second kappa shape index (κ2) is 10.5. The van der Waals surface area contributed by atoms with Gasteiger partial charge in [-0.3, -0.25) is 0 Å². The SMILES string of the molecule is COc1ccc(C(C)C)cc1S(=O)(=O)N1CCN(S(=O)(=O)c2cc(C(C)C)ccc2OC)[C@H](C)C1. The maximum Gasteiger partial charge on any atom is 0.247 e. The van der Waals surface area contributed by atoms with Crippen LogP contribution in [0.25, 0.3) is 0 Å². The molecule has 0 N–H and O–H groups in total. The molecule has 194 valence electrons. The molecule has 1 aliphatic rings. The zero-order valence-corrected chi connectivity index (χ0v) is 23.1. The van der Waals surface area contributed by atoms with E-state index in [9.17, 15) is 16.8 Å². The minimum absolute atomic E-state index is 0.0306. The van der Waals surface area contributed by atoms with Crippen molar-refractivity contribution in [2.45, 2.75) is 62.3 Å². The van der Waals surface area contributed by atoms with E-state index in [1.807, 2.05) is 39.8 Å². The number of nitrogens with zero attached hydrogens (tertiary/aromatic N) is 2. The van der Waals surface area contributed by atoms with Crippen LogP contribution >= 0.6 is 0 Å². The Morgan fingerprint density at radius 2 is 1.23 bits per heavy atom. The first kappa shape index (κ1) is 27.4. The number of hydrogen-bond donors (Lipinski definition) is 0. The van der Waals surface area contributed by atoms with Crippen molar-refractivity contribution in [1.82, 2.24) is 8.61 Å². The van der Waals surface area contributed by atoms with Crippen molar-refractivity contribution >= 4 is 20.0 Å². The van der Waals surface area contributed by atoms with Gasteiger partial charge in [0.05, 0.1) is 14.2 Å². The van der Waals surface area contributed by atoms with Crippen LogP contribution in [0.15, 0.2) is 46.2 Å². The van der Waals surface area contributed by atoms with Crippen LogP contribution in [0.3, 0.4) is 0 Å². The summed E-state index contributed by atoms with van der Waals surface area (Å²) in [6, 6.07) is 9.77. The third kappa shape index (κ3) is 5.35. The predicted molar refractivity (Wildman–Crippen MR) is 136 cm³/mol. The molecule has 0 spiro atoms. The zero-order chi connectivity index (χ0) is 26.1. The van der Waals surface area contributed by atoms with Gasteiger partial charge in [0.2, 0.25) is 20.0 Å². The molecule has 0 radical (unpaired) electrons. The summed E-state index contributed by atoms with van der Waals surface area (Å²) in [6.45, 7) is 9.79. The van der Waals surface area contributed by atoms with Crippen LogP contribution in [0.2, 0.25) is 0 Å². The van der Waals surface area contributed by atoms with Crippen LogP contribution < -0.4 is 9.47 Å². The Balaban J connectivity index is 1.93. The van der Waals surface area contributed by atoms with Gasteiger partial charge in [-0.1, -0.05) is 39.8 Å². The number of ether oxygens (including phenoxy) is 2. The maximum absolute atomic E-state index is 13.7. The molecule has 1 heterocycles. The first-order valence-electron chi connectivity index (χ1n) is 11.7. The van der Waals surface area contributed by atoms with E-state index in [1.54, 1.807) is 31.2 Å². The second-order valence-corrected chi connectivity index (χ2v) is 13.2. The van der Waals surface area contributed by atoms with Gasteiger partial charge in [-0.05, 0) is 54.2 Å². The Kier molecular flexibility index (Phi) is 8.20. The number of rotatable bonds is 8. The van der Waals surface area contributed by atoms with E-state index in [1.165, 1.54) is 22.8 Å². The Morgan fingerprint density at radius 3 is 1.63 bits per heavy atom. The molecule has 3 rings (SSSR count).